The summed E-state index contributed by atoms with van der Waals surface area (Å²) < 4.78 is 7.35. The zero-order valence-electron chi connectivity index (χ0n) is 29.1. The molecular formula is C50H30N4. The van der Waals surface area contributed by atoms with Gasteiger partial charge in [-0.15, -0.1) is 0 Å². The van der Waals surface area contributed by atoms with Gasteiger partial charge in [0.1, 0.15) is 11.2 Å². The fourth-order valence-electron chi connectivity index (χ4n) is 10.2. The number of aromatic nitrogens is 4. The summed E-state index contributed by atoms with van der Waals surface area (Å²) in [6.07, 6.45) is 0. The molecule has 0 bridgehead atoms. The van der Waals surface area contributed by atoms with E-state index in [-0.39, 0.29) is 0 Å². The lowest BCUT2D eigenvalue weighted by atomic mass is 9.73. The highest BCUT2D eigenvalue weighted by Crippen LogP contribution is 2.61. The summed E-state index contributed by atoms with van der Waals surface area (Å²) in [5.74, 6) is 1.06. The van der Waals surface area contributed by atoms with E-state index >= 15 is 0 Å². The Kier molecular flexibility index (Phi) is 5.28. The van der Waals surface area contributed by atoms with Crippen LogP contribution in [0.5, 0.6) is 0 Å². The Morgan fingerprint density at radius 1 is 0.370 bits per heavy atom. The summed E-state index contributed by atoms with van der Waals surface area (Å²) in [4.78, 5) is 5.48. The van der Waals surface area contributed by atoms with Gasteiger partial charge in [-0.2, -0.15) is 0 Å². The fourth-order valence-corrected chi connectivity index (χ4v) is 10.2. The number of hydrogen-bond donors (Lipinski definition) is 0. The molecule has 1 atom stereocenters. The minimum absolute atomic E-state index is 0.563. The van der Waals surface area contributed by atoms with Gasteiger partial charge in [-0.05, 0) is 82.9 Å². The molecule has 1 aliphatic carbocycles. The molecular weight excluding hydrogens is 657 g/mol. The van der Waals surface area contributed by atoms with E-state index in [1.54, 1.807) is 0 Å². The molecule has 0 saturated carbocycles. The van der Waals surface area contributed by atoms with E-state index in [4.69, 9.17) is 4.98 Å². The molecule has 1 aliphatic heterocycles. The molecule has 3 aromatic heterocycles. The Morgan fingerprint density at radius 2 is 0.944 bits per heavy atom. The SMILES string of the molecule is c1ccc(-n2c3ccccc3c3cc4c(cc32)c2ccccc2n4-c2cccc3c2-c2ccccc2C32c3ccccc3-n3c2nc2ccccc23)cc1. The van der Waals surface area contributed by atoms with Crippen LogP contribution >= 0.6 is 0 Å². The smallest absolute Gasteiger partial charge is 0.134 e. The Bertz CT molecular complexity index is 3400. The topological polar surface area (TPSA) is 27.7 Å². The van der Waals surface area contributed by atoms with Crippen molar-refractivity contribution in [3.8, 4) is 28.2 Å². The number of para-hydroxylation sites is 6. The maximum atomic E-state index is 5.48. The molecule has 4 heterocycles. The van der Waals surface area contributed by atoms with E-state index in [0.29, 0.717) is 0 Å². The largest absolute Gasteiger partial charge is 0.309 e. The van der Waals surface area contributed by atoms with Gasteiger partial charge in [0, 0.05) is 32.8 Å². The van der Waals surface area contributed by atoms with Gasteiger partial charge in [-0.1, -0.05) is 121 Å². The molecule has 1 unspecified atom stereocenters. The molecule has 0 N–H and O–H groups in total. The van der Waals surface area contributed by atoms with Crippen LogP contribution in [0.4, 0.5) is 0 Å². The molecule has 13 rings (SSSR count). The van der Waals surface area contributed by atoms with Crippen molar-refractivity contribution >= 4 is 54.6 Å². The first-order chi connectivity index (χ1) is 26.8. The van der Waals surface area contributed by atoms with Crippen molar-refractivity contribution < 1.29 is 0 Å². The molecule has 54 heavy (non-hydrogen) atoms. The molecule has 2 aliphatic rings. The maximum Gasteiger partial charge on any atom is 0.134 e. The van der Waals surface area contributed by atoms with Crippen LogP contribution in [0.3, 0.4) is 0 Å². The van der Waals surface area contributed by atoms with Crippen LogP contribution in [-0.2, 0) is 5.41 Å². The van der Waals surface area contributed by atoms with Crippen LogP contribution < -0.4 is 0 Å². The third-order valence-electron chi connectivity index (χ3n) is 12.2. The summed E-state index contributed by atoms with van der Waals surface area (Å²) in [5.41, 5.74) is 16.3. The Hall–Kier alpha value is -7.17. The number of hydrogen-bond acceptors (Lipinski definition) is 1. The first kappa shape index (κ1) is 28.4. The number of benzene rings is 8. The van der Waals surface area contributed by atoms with E-state index < -0.39 is 5.41 Å². The van der Waals surface area contributed by atoms with Gasteiger partial charge in [0.15, 0.2) is 0 Å². The van der Waals surface area contributed by atoms with E-state index in [2.05, 4.69) is 196 Å². The van der Waals surface area contributed by atoms with Crippen molar-refractivity contribution in [2.75, 3.05) is 0 Å². The second-order valence-electron chi connectivity index (χ2n) is 14.7. The lowest BCUT2D eigenvalue weighted by Gasteiger charge is -2.27. The fraction of sp³-hybridized carbons (Fsp3) is 0.0200. The predicted molar refractivity (Wildman–Crippen MR) is 221 cm³/mol. The van der Waals surface area contributed by atoms with Crippen LogP contribution in [0.25, 0.3) is 82.8 Å². The van der Waals surface area contributed by atoms with Gasteiger partial charge in [0.2, 0.25) is 0 Å². The normalized spacial score (nSPS) is 15.5. The molecule has 4 heteroatoms. The third kappa shape index (κ3) is 3.29. The second kappa shape index (κ2) is 10.0. The molecule has 11 aromatic rings. The molecule has 1 spiro atoms. The molecule has 0 fully saturated rings. The van der Waals surface area contributed by atoms with E-state index in [1.807, 2.05) is 0 Å². The van der Waals surface area contributed by atoms with Gasteiger partial charge < -0.3 is 9.13 Å². The molecule has 8 aromatic carbocycles. The van der Waals surface area contributed by atoms with Gasteiger partial charge in [-0.25, -0.2) is 4.98 Å². The van der Waals surface area contributed by atoms with Crippen molar-refractivity contribution in [1.82, 2.24) is 18.7 Å². The number of nitrogens with zero attached hydrogens (tertiary/aromatic N) is 4. The lowest BCUT2D eigenvalue weighted by molar-refractivity contribution is 0.737. The first-order valence-electron chi connectivity index (χ1n) is 18.7. The van der Waals surface area contributed by atoms with Crippen LogP contribution in [0.2, 0.25) is 0 Å². The lowest BCUT2D eigenvalue weighted by Crippen LogP contribution is -2.27. The molecule has 4 nitrogen and oxygen atoms in total. The number of fused-ring (bicyclic) bond motifs is 18. The van der Waals surface area contributed by atoms with Crippen molar-refractivity contribution in [2.24, 2.45) is 0 Å². The summed E-state index contributed by atoms with van der Waals surface area (Å²) >= 11 is 0. The zero-order valence-corrected chi connectivity index (χ0v) is 29.1. The Labute approximate surface area is 310 Å². The van der Waals surface area contributed by atoms with Crippen molar-refractivity contribution in [1.29, 1.82) is 0 Å². The average Bonchev–Trinajstić information content (AvgIpc) is 4.01. The van der Waals surface area contributed by atoms with Crippen LogP contribution in [0.1, 0.15) is 22.5 Å². The highest BCUT2D eigenvalue weighted by molar-refractivity contribution is 6.19. The van der Waals surface area contributed by atoms with Gasteiger partial charge >= 0.3 is 0 Å². The summed E-state index contributed by atoms with van der Waals surface area (Å²) in [6.45, 7) is 0. The third-order valence-corrected chi connectivity index (χ3v) is 12.2. The predicted octanol–water partition coefficient (Wildman–Crippen LogP) is 11.9. The molecule has 0 radical (unpaired) electrons. The maximum absolute atomic E-state index is 5.48. The first-order valence-corrected chi connectivity index (χ1v) is 18.7. The number of rotatable bonds is 2. The highest BCUT2D eigenvalue weighted by Gasteiger charge is 2.54. The summed E-state index contributed by atoms with van der Waals surface area (Å²) in [7, 11) is 0. The van der Waals surface area contributed by atoms with Crippen molar-refractivity contribution in [2.45, 2.75) is 5.41 Å². The standard InChI is InChI=1S/C50H30N4/c1-2-15-31(16-3-1)52-41-24-10-5-17-32(41)35-30-47-36(29-46(35)52)33-18-6-11-25-42(33)53(47)45-28-14-22-39-48(45)34-19-4-7-20-37(34)50(39)38-21-8-12-26-43(38)54-44-27-13-9-23-40(44)51-49(50)54/h1-30H. The Morgan fingerprint density at radius 3 is 1.74 bits per heavy atom. The van der Waals surface area contributed by atoms with Gasteiger partial charge in [0.05, 0.1) is 44.5 Å². The average molecular weight is 687 g/mol. The summed E-state index contributed by atoms with van der Waals surface area (Å²) in [5, 5.41) is 4.98. The van der Waals surface area contributed by atoms with Crippen LogP contribution in [0.15, 0.2) is 182 Å². The van der Waals surface area contributed by atoms with Crippen LogP contribution in [-0.4, -0.2) is 18.7 Å². The molecule has 250 valence electrons. The van der Waals surface area contributed by atoms with E-state index in [1.165, 1.54) is 82.8 Å². The van der Waals surface area contributed by atoms with E-state index in [0.717, 1.165) is 22.5 Å². The minimum atomic E-state index is -0.563. The Balaban J connectivity index is 1.17. The minimum Gasteiger partial charge on any atom is -0.309 e. The van der Waals surface area contributed by atoms with E-state index in [9.17, 15) is 0 Å². The number of imidazole rings is 1. The highest BCUT2D eigenvalue weighted by atomic mass is 15.1. The zero-order chi connectivity index (χ0) is 35.1. The molecule has 0 amide bonds. The second-order valence-corrected chi connectivity index (χ2v) is 14.7. The van der Waals surface area contributed by atoms with Crippen molar-refractivity contribution in [3.05, 3.63) is 205 Å². The van der Waals surface area contributed by atoms with Crippen molar-refractivity contribution in [3.63, 3.8) is 0 Å². The van der Waals surface area contributed by atoms with Gasteiger partial charge in [0.25, 0.3) is 0 Å². The quantitative estimate of drug-likeness (QED) is 0.178. The van der Waals surface area contributed by atoms with Gasteiger partial charge in [-0.3, -0.25) is 4.57 Å². The summed E-state index contributed by atoms with van der Waals surface area (Å²) in [6, 6.07) is 66.8. The molecule has 0 saturated heterocycles. The monoisotopic (exact) mass is 686 g/mol. The van der Waals surface area contributed by atoms with Crippen LogP contribution in [0, 0.1) is 0 Å².